The van der Waals surface area contributed by atoms with Gasteiger partial charge in [0, 0.05) is 24.5 Å². The number of nitrogens with one attached hydrogen (secondary N) is 1. The Hall–Kier alpha value is -2.81. The van der Waals surface area contributed by atoms with Gasteiger partial charge in [0.25, 0.3) is 0 Å². The van der Waals surface area contributed by atoms with Crippen LogP contribution in [0.1, 0.15) is 5.56 Å². The van der Waals surface area contributed by atoms with Gasteiger partial charge < -0.3 is 10.1 Å². The molecule has 104 valence electrons. The zero-order valence-corrected chi connectivity index (χ0v) is 11.6. The van der Waals surface area contributed by atoms with E-state index in [4.69, 9.17) is 4.74 Å². The molecule has 3 rings (SSSR count). The van der Waals surface area contributed by atoms with Crippen LogP contribution in [-0.4, -0.2) is 4.98 Å². The van der Waals surface area contributed by atoms with Gasteiger partial charge in [0.2, 0.25) is 0 Å². The zero-order valence-electron chi connectivity index (χ0n) is 11.6. The monoisotopic (exact) mass is 276 g/mol. The molecule has 3 heteroatoms. The highest BCUT2D eigenvalue weighted by Gasteiger charge is 2.04. The minimum absolute atomic E-state index is 0.689. The number of aromatic nitrogens is 1. The SMILES string of the molecule is c1ccc(Oc2ccccc2CNc2cccnc2)cc1. The molecule has 0 aliphatic rings. The number of nitrogens with zero attached hydrogens (tertiary/aromatic N) is 1. The number of anilines is 1. The van der Waals surface area contributed by atoms with Crippen LogP contribution in [0.2, 0.25) is 0 Å². The van der Waals surface area contributed by atoms with Crippen molar-refractivity contribution in [3.63, 3.8) is 0 Å². The third-order valence-electron chi connectivity index (χ3n) is 3.09. The second-order valence-corrected chi connectivity index (χ2v) is 4.62. The van der Waals surface area contributed by atoms with E-state index in [2.05, 4.69) is 16.4 Å². The predicted octanol–water partition coefficient (Wildman–Crippen LogP) is 4.49. The summed E-state index contributed by atoms with van der Waals surface area (Å²) in [7, 11) is 0. The molecule has 0 saturated carbocycles. The second kappa shape index (κ2) is 6.57. The van der Waals surface area contributed by atoms with Gasteiger partial charge in [-0.05, 0) is 30.3 Å². The summed E-state index contributed by atoms with van der Waals surface area (Å²) in [5.41, 5.74) is 2.09. The smallest absolute Gasteiger partial charge is 0.132 e. The van der Waals surface area contributed by atoms with Crippen molar-refractivity contribution in [3.8, 4) is 11.5 Å². The molecule has 0 radical (unpaired) electrons. The first-order valence-electron chi connectivity index (χ1n) is 6.86. The zero-order chi connectivity index (χ0) is 14.3. The molecule has 0 amide bonds. The molecule has 0 atom stereocenters. The van der Waals surface area contributed by atoms with Crippen LogP contribution >= 0.6 is 0 Å². The van der Waals surface area contributed by atoms with E-state index in [9.17, 15) is 0 Å². The maximum Gasteiger partial charge on any atom is 0.132 e. The van der Waals surface area contributed by atoms with E-state index in [1.54, 1.807) is 12.4 Å². The number of hydrogen-bond donors (Lipinski definition) is 1. The number of rotatable bonds is 5. The van der Waals surface area contributed by atoms with Crippen LogP contribution in [-0.2, 0) is 6.54 Å². The van der Waals surface area contributed by atoms with Gasteiger partial charge in [-0.2, -0.15) is 0 Å². The van der Waals surface area contributed by atoms with E-state index in [1.807, 2.05) is 60.7 Å². The van der Waals surface area contributed by atoms with Crippen LogP contribution in [0, 0.1) is 0 Å². The summed E-state index contributed by atoms with van der Waals surface area (Å²) in [4.78, 5) is 4.09. The summed E-state index contributed by atoms with van der Waals surface area (Å²) in [6.07, 6.45) is 3.57. The Labute approximate surface area is 124 Å². The fraction of sp³-hybridized carbons (Fsp3) is 0.0556. The van der Waals surface area contributed by atoms with Crippen LogP contribution in [0.3, 0.4) is 0 Å². The van der Waals surface area contributed by atoms with Crippen molar-refractivity contribution in [1.82, 2.24) is 4.98 Å². The van der Waals surface area contributed by atoms with Gasteiger partial charge in [-0.3, -0.25) is 4.98 Å². The fourth-order valence-electron chi connectivity index (χ4n) is 2.03. The minimum atomic E-state index is 0.689. The molecule has 21 heavy (non-hydrogen) atoms. The number of benzene rings is 2. The summed E-state index contributed by atoms with van der Waals surface area (Å²) in [5.74, 6) is 1.70. The molecule has 3 nitrogen and oxygen atoms in total. The molecule has 3 aromatic rings. The molecule has 0 saturated heterocycles. The van der Waals surface area contributed by atoms with Crippen LogP contribution in [0.4, 0.5) is 5.69 Å². The molecular formula is C18H16N2O. The van der Waals surface area contributed by atoms with Gasteiger partial charge in [-0.25, -0.2) is 0 Å². The van der Waals surface area contributed by atoms with Crippen LogP contribution in [0.15, 0.2) is 79.1 Å². The van der Waals surface area contributed by atoms with E-state index in [0.717, 1.165) is 22.7 Å². The Morgan fingerprint density at radius 1 is 0.857 bits per heavy atom. The average Bonchev–Trinajstić information content (AvgIpc) is 2.56. The topological polar surface area (TPSA) is 34.1 Å². The van der Waals surface area contributed by atoms with Crippen molar-refractivity contribution < 1.29 is 4.74 Å². The number of pyridine rings is 1. The standard InChI is InChI=1S/C18H16N2O/c1-2-9-17(10-3-1)21-18-11-5-4-7-15(18)13-20-16-8-6-12-19-14-16/h1-12,14,20H,13H2. The normalized spacial score (nSPS) is 10.1. The van der Waals surface area contributed by atoms with Gasteiger partial charge in [0.05, 0.1) is 5.69 Å². The Kier molecular flexibility index (Phi) is 4.12. The highest BCUT2D eigenvalue weighted by Crippen LogP contribution is 2.25. The largest absolute Gasteiger partial charge is 0.457 e. The summed E-state index contributed by atoms with van der Waals surface area (Å²) in [6.45, 7) is 0.689. The molecule has 0 spiro atoms. The lowest BCUT2D eigenvalue weighted by molar-refractivity contribution is 0.477. The maximum absolute atomic E-state index is 5.94. The molecule has 0 fully saturated rings. The highest BCUT2D eigenvalue weighted by atomic mass is 16.5. The predicted molar refractivity (Wildman–Crippen MR) is 84.5 cm³/mol. The summed E-state index contributed by atoms with van der Waals surface area (Å²) >= 11 is 0. The van der Waals surface area contributed by atoms with E-state index in [0.29, 0.717) is 6.54 Å². The van der Waals surface area contributed by atoms with Gasteiger partial charge >= 0.3 is 0 Å². The molecule has 1 N–H and O–H groups in total. The van der Waals surface area contributed by atoms with Crippen LogP contribution in [0.25, 0.3) is 0 Å². The van der Waals surface area contributed by atoms with Gasteiger partial charge in [0.1, 0.15) is 11.5 Å². The Bertz CT molecular complexity index is 684. The molecule has 0 aliphatic carbocycles. The van der Waals surface area contributed by atoms with E-state index in [1.165, 1.54) is 0 Å². The van der Waals surface area contributed by atoms with E-state index < -0.39 is 0 Å². The number of hydrogen-bond acceptors (Lipinski definition) is 3. The molecule has 0 aliphatic heterocycles. The van der Waals surface area contributed by atoms with Crippen molar-refractivity contribution in [2.24, 2.45) is 0 Å². The lowest BCUT2D eigenvalue weighted by Gasteiger charge is -2.12. The molecule has 1 heterocycles. The molecule has 0 unspecified atom stereocenters. The molecule has 0 bridgehead atoms. The fourth-order valence-corrected chi connectivity index (χ4v) is 2.03. The Balaban J connectivity index is 1.73. The van der Waals surface area contributed by atoms with Crippen molar-refractivity contribution in [2.45, 2.75) is 6.54 Å². The summed E-state index contributed by atoms with van der Waals surface area (Å²) in [5, 5.41) is 3.34. The average molecular weight is 276 g/mol. The van der Waals surface area contributed by atoms with E-state index in [-0.39, 0.29) is 0 Å². The molecular weight excluding hydrogens is 260 g/mol. The highest BCUT2D eigenvalue weighted by molar-refractivity contribution is 5.44. The molecule has 2 aromatic carbocycles. The van der Waals surface area contributed by atoms with Crippen molar-refractivity contribution in [2.75, 3.05) is 5.32 Å². The van der Waals surface area contributed by atoms with E-state index >= 15 is 0 Å². The van der Waals surface area contributed by atoms with Crippen molar-refractivity contribution in [1.29, 1.82) is 0 Å². The third kappa shape index (κ3) is 3.60. The first kappa shape index (κ1) is 13.2. The Morgan fingerprint density at radius 2 is 1.67 bits per heavy atom. The van der Waals surface area contributed by atoms with Crippen LogP contribution in [0.5, 0.6) is 11.5 Å². The maximum atomic E-state index is 5.94. The lowest BCUT2D eigenvalue weighted by atomic mass is 10.2. The van der Waals surface area contributed by atoms with Gasteiger partial charge in [0.15, 0.2) is 0 Å². The van der Waals surface area contributed by atoms with Crippen molar-refractivity contribution >= 4 is 5.69 Å². The van der Waals surface area contributed by atoms with Gasteiger partial charge in [-0.15, -0.1) is 0 Å². The minimum Gasteiger partial charge on any atom is -0.457 e. The summed E-state index contributed by atoms with van der Waals surface area (Å²) < 4.78 is 5.94. The van der Waals surface area contributed by atoms with Crippen LogP contribution < -0.4 is 10.1 Å². The second-order valence-electron chi connectivity index (χ2n) is 4.62. The van der Waals surface area contributed by atoms with Crippen molar-refractivity contribution in [3.05, 3.63) is 84.7 Å². The quantitative estimate of drug-likeness (QED) is 0.745. The molecule has 1 aromatic heterocycles. The first-order valence-corrected chi connectivity index (χ1v) is 6.86. The number of ether oxygens (including phenoxy) is 1. The number of para-hydroxylation sites is 2. The third-order valence-corrected chi connectivity index (χ3v) is 3.09. The summed E-state index contributed by atoms with van der Waals surface area (Å²) in [6, 6.07) is 21.7. The van der Waals surface area contributed by atoms with Gasteiger partial charge in [-0.1, -0.05) is 36.4 Å². The lowest BCUT2D eigenvalue weighted by Crippen LogP contribution is -2.01. The Morgan fingerprint density at radius 3 is 2.48 bits per heavy atom. The first-order chi connectivity index (χ1) is 10.4.